The fourth-order valence-corrected chi connectivity index (χ4v) is 1.67. The Kier molecular flexibility index (Phi) is 7.16. The molecule has 0 rings (SSSR count). The maximum absolute atomic E-state index is 10.8. The van der Waals surface area contributed by atoms with E-state index in [4.69, 9.17) is 5.11 Å². The van der Waals surface area contributed by atoms with E-state index in [9.17, 15) is 14.9 Å². The number of hydrogen-bond acceptors (Lipinski definition) is 3. The Morgan fingerprint density at radius 3 is 2.50 bits per heavy atom. The molecule has 0 aliphatic rings. The fourth-order valence-electron chi connectivity index (χ4n) is 1.67. The smallest absolute Gasteiger partial charge is 0.327 e. The minimum atomic E-state index is -1.06. The molecule has 0 fully saturated rings. The van der Waals surface area contributed by atoms with E-state index < -0.39 is 12.0 Å². The Balaban J connectivity index is 4.62. The van der Waals surface area contributed by atoms with E-state index in [0.29, 0.717) is 12.8 Å². The maximum Gasteiger partial charge on any atom is 0.327 e. The highest BCUT2D eigenvalue weighted by molar-refractivity contribution is 5.79. The average Bonchev–Trinajstić information content (AvgIpc) is 2.21. The summed E-state index contributed by atoms with van der Waals surface area (Å²) in [5.41, 5.74) is 0. The number of nitrogens with zero attached hydrogens (tertiary/aromatic N) is 1. The van der Waals surface area contributed by atoms with Crippen molar-refractivity contribution in [3.63, 3.8) is 0 Å². The molecule has 2 atom stereocenters. The molecule has 92 valence electrons. The van der Waals surface area contributed by atoms with Gasteiger partial charge < -0.3 is 5.11 Å². The number of nitro groups is 1. The van der Waals surface area contributed by atoms with E-state index in [0.717, 1.165) is 18.9 Å². The molecule has 0 saturated heterocycles. The lowest BCUT2D eigenvalue weighted by Gasteiger charge is -2.15. The molecule has 5 nitrogen and oxygen atoms in total. The van der Waals surface area contributed by atoms with Crippen LogP contribution in [-0.2, 0) is 4.79 Å². The van der Waals surface area contributed by atoms with E-state index in [1.807, 2.05) is 6.92 Å². The lowest BCUT2D eigenvalue weighted by molar-refractivity contribution is -0.530. The zero-order valence-electron chi connectivity index (χ0n) is 9.76. The number of carboxylic acid groups (broad SMARTS) is 1. The first-order chi connectivity index (χ1) is 7.52. The van der Waals surface area contributed by atoms with Gasteiger partial charge in [-0.3, -0.25) is 10.1 Å². The molecule has 0 aliphatic carbocycles. The second-order valence-electron chi connectivity index (χ2n) is 3.76. The summed E-state index contributed by atoms with van der Waals surface area (Å²) < 4.78 is 0. The van der Waals surface area contributed by atoms with Gasteiger partial charge in [0.2, 0.25) is 6.04 Å². The van der Waals surface area contributed by atoms with Gasteiger partial charge in [-0.25, -0.2) is 4.79 Å². The van der Waals surface area contributed by atoms with E-state index in [2.05, 4.69) is 0 Å². The predicted octanol–water partition coefficient (Wildman–Crippen LogP) is 2.49. The van der Waals surface area contributed by atoms with Gasteiger partial charge in [0.15, 0.2) is 0 Å². The van der Waals surface area contributed by atoms with Crippen molar-refractivity contribution in [2.24, 2.45) is 5.92 Å². The second-order valence-corrected chi connectivity index (χ2v) is 3.76. The number of rotatable bonds is 8. The molecule has 0 aliphatic heterocycles. The lowest BCUT2D eigenvalue weighted by Crippen LogP contribution is -2.27. The number of carboxylic acids is 1. The highest BCUT2D eigenvalue weighted by atomic mass is 16.6. The first-order valence-corrected chi connectivity index (χ1v) is 5.57. The first kappa shape index (κ1) is 14.6. The maximum atomic E-state index is 10.8. The Morgan fingerprint density at radius 2 is 2.12 bits per heavy atom. The molecule has 1 N–H and O–H groups in total. The molecule has 5 heteroatoms. The number of unbranched alkanes of at least 4 members (excludes halogenated alkanes) is 1. The minimum absolute atomic E-state index is 0.281. The van der Waals surface area contributed by atoms with Crippen LogP contribution in [0.15, 0.2) is 12.2 Å². The summed E-state index contributed by atoms with van der Waals surface area (Å²) in [5.74, 6) is -1.34. The lowest BCUT2D eigenvalue weighted by atomic mass is 9.92. The molecule has 0 aromatic carbocycles. The van der Waals surface area contributed by atoms with Gasteiger partial charge in [-0.15, -0.1) is 0 Å². The van der Waals surface area contributed by atoms with Crippen LogP contribution in [0.1, 0.15) is 39.5 Å². The molecule has 2 unspecified atom stereocenters. The van der Waals surface area contributed by atoms with Crippen LogP contribution in [0.2, 0.25) is 0 Å². The molecule has 0 aromatic rings. The topological polar surface area (TPSA) is 80.4 Å². The van der Waals surface area contributed by atoms with E-state index in [1.165, 1.54) is 6.08 Å². The van der Waals surface area contributed by atoms with Crippen LogP contribution in [0, 0.1) is 16.0 Å². The van der Waals surface area contributed by atoms with E-state index in [1.54, 1.807) is 6.92 Å². The molecule has 0 amide bonds. The summed E-state index contributed by atoms with van der Waals surface area (Å²) in [7, 11) is 0. The molecule has 0 saturated carbocycles. The number of carbonyl (C=O) groups is 1. The van der Waals surface area contributed by atoms with Crippen molar-refractivity contribution in [2.45, 2.75) is 45.6 Å². The largest absolute Gasteiger partial charge is 0.478 e. The normalized spacial score (nSPS) is 14.9. The van der Waals surface area contributed by atoms with Crippen LogP contribution < -0.4 is 0 Å². The molecule has 16 heavy (non-hydrogen) atoms. The SMILES string of the molecule is CCCCC(C=CC(=O)O)C(CC)[N+](=O)[O-]. The fraction of sp³-hybridized carbons (Fsp3) is 0.727. The van der Waals surface area contributed by atoms with Crippen molar-refractivity contribution < 1.29 is 14.8 Å². The Bertz CT molecular complexity index is 263. The van der Waals surface area contributed by atoms with Crippen molar-refractivity contribution in [3.05, 3.63) is 22.3 Å². The molecule has 0 radical (unpaired) electrons. The van der Waals surface area contributed by atoms with Gasteiger partial charge in [-0.2, -0.15) is 0 Å². The molecule has 0 aromatic heterocycles. The van der Waals surface area contributed by atoms with Crippen LogP contribution >= 0.6 is 0 Å². The quantitative estimate of drug-likeness (QED) is 0.394. The van der Waals surface area contributed by atoms with Gasteiger partial charge in [-0.05, 0) is 6.42 Å². The van der Waals surface area contributed by atoms with Crippen LogP contribution in [0.3, 0.4) is 0 Å². The molecule has 0 heterocycles. The Labute approximate surface area is 95.3 Å². The van der Waals surface area contributed by atoms with Gasteiger partial charge in [-0.1, -0.05) is 32.8 Å². The van der Waals surface area contributed by atoms with Crippen molar-refractivity contribution in [2.75, 3.05) is 0 Å². The third-order valence-electron chi connectivity index (χ3n) is 2.56. The Hall–Kier alpha value is -1.39. The molecular formula is C11H19NO4. The van der Waals surface area contributed by atoms with Crippen LogP contribution in [0.5, 0.6) is 0 Å². The van der Waals surface area contributed by atoms with E-state index >= 15 is 0 Å². The van der Waals surface area contributed by atoms with Gasteiger partial charge in [0, 0.05) is 23.3 Å². The highest BCUT2D eigenvalue weighted by Crippen LogP contribution is 2.19. The summed E-state index contributed by atoms with van der Waals surface area (Å²) in [6, 6.07) is -0.679. The van der Waals surface area contributed by atoms with Crippen LogP contribution in [-0.4, -0.2) is 22.0 Å². The monoisotopic (exact) mass is 229 g/mol. The second kappa shape index (κ2) is 7.84. The highest BCUT2D eigenvalue weighted by Gasteiger charge is 2.27. The summed E-state index contributed by atoms with van der Waals surface area (Å²) in [5, 5.41) is 19.3. The van der Waals surface area contributed by atoms with Crippen molar-refractivity contribution in [3.8, 4) is 0 Å². The van der Waals surface area contributed by atoms with Gasteiger partial charge >= 0.3 is 5.97 Å². The van der Waals surface area contributed by atoms with Crippen molar-refractivity contribution in [1.29, 1.82) is 0 Å². The van der Waals surface area contributed by atoms with Gasteiger partial charge in [0.1, 0.15) is 0 Å². The molecule has 0 spiro atoms. The number of hydrogen-bond donors (Lipinski definition) is 1. The summed E-state index contributed by atoms with van der Waals surface area (Å²) in [4.78, 5) is 20.9. The van der Waals surface area contributed by atoms with Crippen molar-refractivity contribution >= 4 is 5.97 Å². The first-order valence-electron chi connectivity index (χ1n) is 5.57. The zero-order valence-corrected chi connectivity index (χ0v) is 9.76. The van der Waals surface area contributed by atoms with Gasteiger partial charge in [0.05, 0.1) is 0 Å². The third kappa shape index (κ3) is 5.48. The summed E-state index contributed by atoms with van der Waals surface area (Å²) >= 11 is 0. The summed E-state index contributed by atoms with van der Waals surface area (Å²) in [6.45, 7) is 3.76. The summed E-state index contributed by atoms with van der Waals surface area (Å²) in [6.07, 6.45) is 5.37. The van der Waals surface area contributed by atoms with Crippen molar-refractivity contribution in [1.82, 2.24) is 0 Å². The molecule has 0 bridgehead atoms. The average molecular weight is 229 g/mol. The van der Waals surface area contributed by atoms with E-state index in [-0.39, 0.29) is 10.8 Å². The number of aliphatic carboxylic acids is 1. The Morgan fingerprint density at radius 1 is 1.50 bits per heavy atom. The third-order valence-corrected chi connectivity index (χ3v) is 2.56. The zero-order chi connectivity index (χ0) is 12.6. The van der Waals surface area contributed by atoms with Crippen LogP contribution in [0.4, 0.5) is 0 Å². The van der Waals surface area contributed by atoms with Crippen LogP contribution in [0.25, 0.3) is 0 Å². The predicted molar refractivity (Wildman–Crippen MR) is 60.9 cm³/mol. The molecular weight excluding hydrogens is 210 g/mol. The minimum Gasteiger partial charge on any atom is -0.478 e. The van der Waals surface area contributed by atoms with Gasteiger partial charge in [0.25, 0.3) is 0 Å². The standard InChI is InChI=1S/C11H19NO4/c1-3-5-6-9(7-8-11(13)14)10(4-2)12(15)16/h7-10H,3-6H2,1-2H3,(H,13,14).